The Kier molecular flexibility index (Phi) is 5.94. The summed E-state index contributed by atoms with van der Waals surface area (Å²) in [6.45, 7) is 13.3. The number of benzene rings is 2. The minimum absolute atomic E-state index is 0.0198. The van der Waals surface area contributed by atoms with E-state index >= 15 is 4.39 Å². The standard InChI is InChI=1S/C27H30FNO3S/c1-7-32-20-9-8-16(13-21-24(30)29-25(31)33-21)23(28)22(20)17-14-19-18(12-15(17)2)26(3,4)10-11-27(19,5)6/h8-9,12-14H,7,10-11H2,1-6H3,(H,29,30,31)/b21-13+. The lowest BCUT2D eigenvalue weighted by Crippen LogP contribution is -2.34. The van der Waals surface area contributed by atoms with Gasteiger partial charge in [0, 0.05) is 5.56 Å². The second-order valence-corrected chi connectivity index (χ2v) is 11.1. The zero-order valence-corrected chi connectivity index (χ0v) is 20.8. The summed E-state index contributed by atoms with van der Waals surface area (Å²) in [7, 11) is 0. The molecule has 33 heavy (non-hydrogen) atoms. The van der Waals surface area contributed by atoms with Crippen molar-refractivity contribution in [2.45, 2.75) is 65.2 Å². The fourth-order valence-corrected chi connectivity index (χ4v) is 5.44. The number of carbonyl (C=O) groups is 2. The molecule has 2 aromatic carbocycles. The normalized spacial score (nSPS) is 20.0. The van der Waals surface area contributed by atoms with Gasteiger partial charge in [-0.3, -0.25) is 14.9 Å². The Morgan fingerprint density at radius 3 is 2.30 bits per heavy atom. The lowest BCUT2D eigenvalue weighted by molar-refractivity contribution is -0.115. The van der Waals surface area contributed by atoms with Crippen LogP contribution in [0.5, 0.6) is 5.75 Å². The Bertz CT molecular complexity index is 1200. The first-order valence-electron chi connectivity index (χ1n) is 11.3. The fraction of sp³-hybridized carbons (Fsp3) is 0.407. The van der Waals surface area contributed by atoms with E-state index in [1.54, 1.807) is 12.1 Å². The van der Waals surface area contributed by atoms with Gasteiger partial charge in [0.15, 0.2) is 0 Å². The van der Waals surface area contributed by atoms with Gasteiger partial charge >= 0.3 is 0 Å². The average Bonchev–Trinajstić information content (AvgIpc) is 3.05. The zero-order valence-electron chi connectivity index (χ0n) is 20.0. The highest BCUT2D eigenvalue weighted by Gasteiger charge is 2.38. The van der Waals surface area contributed by atoms with E-state index in [1.807, 2.05) is 13.8 Å². The van der Waals surface area contributed by atoms with Crippen molar-refractivity contribution >= 4 is 29.0 Å². The fourth-order valence-electron chi connectivity index (χ4n) is 4.77. The molecule has 0 aromatic heterocycles. The molecule has 1 aliphatic carbocycles. The minimum atomic E-state index is -0.506. The third kappa shape index (κ3) is 4.21. The first kappa shape index (κ1) is 23.6. The molecule has 0 unspecified atom stereocenters. The summed E-state index contributed by atoms with van der Waals surface area (Å²) in [4.78, 5) is 23.7. The SMILES string of the molecule is CCOc1ccc(/C=C2/SC(=O)NC2=O)c(F)c1-c1cc2c(cc1C)C(C)(C)CCC2(C)C. The third-order valence-electron chi connectivity index (χ3n) is 6.83. The Morgan fingerprint density at radius 2 is 1.73 bits per heavy atom. The van der Waals surface area contributed by atoms with E-state index in [-0.39, 0.29) is 21.3 Å². The maximum Gasteiger partial charge on any atom is 0.290 e. The van der Waals surface area contributed by atoms with Gasteiger partial charge in [-0.1, -0.05) is 33.8 Å². The molecular formula is C27H30FNO3S. The summed E-state index contributed by atoms with van der Waals surface area (Å²) in [6, 6.07) is 7.66. The van der Waals surface area contributed by atoms with Gasteiger partial charge < -0.3 is 4.74 Å². The average molecular weight is 468 g/mol. The van der Waals surface area contributed by atoms with E-state index in [1.165, 1.54) is 17.2 Å². The summed E-state index contributed by atoms with van der Waals surface area (Å²) >= 11 is 0.778. The molecule has 6 heteroatoms. The predicted molar refractivity (Wildman–Crippen MR) is 132 cm³/mol. The number of rotatable bonds is 4. The maximum absolute atomic E-state index is 16.0. The molecule has 1 saturated heterocycles. The lowest BCUT2D eigenvalue weighted by atomic mass is 9.62. The van der Waals surface area contributed by atoms with Crippen LogP contribution in [0.2, 0.25) is 0 Å². The molecule has 0 saturated carbocycles. The van der Waals surface area contributed by atoms with E-state index in [0.717, 1.165) is 35.7 Å². The number of thioether (sulfide) groups is 1. The van der Waals surface area contributed by atoms with Gasteiger partial charge in [0.1, 0.15) is 11.6 Å². The highest BCUT2D eigenvalue weighted by molar-refractivity contribution is 8.18. The summed E-state index contributed by atoms with van der Waals surface area (Å²) in [6.07, 6.45) is 3.59. The zero-order chi connectivity index (χ0) is 24.1. The van der Waals surface area contributed by atoms with Crippen molar-refractivity contribution in [1.29, 1.82) is 0 Å². The van der Waals surface area contributed by atoms with Crippen molar-refractivity contribution in [3.8, 4) is 16.9 Å². The van der Waals surface area contributed by atoms with Crippen molar-refractivity contribution in [1.82, 2.24) is 5.32 Å². The molecule has 1 aliphatic heterocycles. The third-order valence-corrected chi connectivity index (χ3v) is 7.64. The highest BCUT2D eigenvalue weighted by atomic mass is 32.2. The minimum Gasteiger partial charge on any atom is -0.493 e. The number of hydrogen-bond donors (Lipinski definition) is 1. The highest BCUT2D eigenvalue weighted by Crippen LogP contribution is 2.49. The van der Waals surface area contributed by atoms with Crippen LogP contribution in [-0.2, 0) is 15.6 Å². The molecule has 2 amide bonds. The maximum atomic E-state index is 16.0. The lowest BCUT2D eigenvalue weighted by Gasteiger charge is -2.42. The number of carbonyl (C=O) groups excluding carboxylic acids is 2. The van der Waals surface area contributed by atoms with Crippen LogP contribution in [0, 0.1) is 12.7 Å². The van der Waals surface area contributed by atoms with Crippen LogP contribution in [0.3, 0.4) is 0 Å². The van der Waals surface area contributed by atoms with Crippen LogP contribution in [0.15, 0.2) is 29.2 Å². The van der Waals surface area contributed by atoms with Crippen molar-refractivity contribution in [2.75, 3.05) is 6.61 Å². The Morgan fingerprint density at radius 1 is 1.09 bits per heavy atom. The molecule has 174 valence electrons. The molecule has 2 aromatic rings. The molecule has 0 bridgehead atoms. The molecule has 0 atom stereocenters. The van der Waals surface area contributed by atoms with Crippen LogP contribution in [0.1, 0.15) is 69.7 Å². The molecular weight excluding hydrogens is 437 g/mol. The first-order valence-corrected chi connectivity index (χ1v) is 12.1. The molecule has 0 radical (unpaired) electrons. The Labute approximate surface area is 199 Å². The van der Waals surface area contributed by atoms with Crippen molar-refractivity contribution in [3.63, 3.8) is 0 Å². The van der Waals surface area contributed by atoms with Gasteiger partial charge in [0.2, 0.25) is 0 Å². The number of amides is 2. The second kappa shape index (κ2) is 8.32. The molecule has 4 nitrogen and oxygen atoms in total. The Balaban J connectivity index is 1.94. The summed E-state index contributed by atoms with van der Waals surface area (Å²) in [5.74, 6) is -0.501. The van der Waals surface area contributed by atoms with Gasteiger partial charge in [-0.15, -0.1) is 0 Å². The number of ether oxygens (including phenoxy) is 1. The van der Waals surface area contributed by atoms with Crippen LogP contribution in [0.4, 0.5) is 9.18 Å². The van der Waals surface area contributed by atoms with Gasteiger partial charge in [0.05, 0.1) is 17.1 Å². The van der Waals surface area contributed by atoms with Crippen molar-refractivity contribution in [2.24, 2.45) is 0 Å². The predicted octanol–water partition coefficient (Wildman–Crippen LogP) is 6.87. The summed E-state index contributed by atoms with van der Waals surface area (Å²) in [5.41, 5.74) is 5.00. The van der Waals surface area contributed by atoms with E-state index in [9.17, 15) is 9.59 Å². The van der Waals surface area contributed by atoms with Crippen LogP contribution in [0.25, 0.3) is 17.2 Å². The second-order valence-electron chi connectivity index (χ2n) is 10.1. The number of imide groups is 1. The number of hydrogen-bond acceptors (Lipinski definition) is 4. The van der Waals surface area contributed by atoms with Gasteiger partial charge in [-0.2, -0.15) is 0 Å². The van der Waals surface area contributed by atoms with E-state index in [4.69, 9.17) is 4.74 Å². The first-order chi connectivity index (χ1) is 15.4. The smallest absolute Gasteiger partial charge is 0.290 e. The van der Waals surface area contributed by atoms with E-state index < -0.39 is 17.0 Å². The number of aryl methyl sites for hydroxylation is 1. The summed E-state index contributed by atoms with van der Waals surface area (Å²) in [5, 5.41) is 1.76. The molecule has 0 spiro atoms. The van der Waals surface area contributed by atoms with E-state index in [2.05, 4.69) is 45.1 Å². The van der Waals surface area contributed by atoms with Crippen LogP contribution >= 0.6 is 11.8 Å². The summed E-state index contributed by atoms with van der Waals surface area (Å²) < 4.78 is 21.9. The number of fused-ring (bicyclic) bond motifs is 1. The number of halogens is 1. The van der Waals surface area contributed by atoms with Crippen LogP contribution in [-0.4, -0.2) is 17.8 Å². The monoisotopic (exact) mass is 467 g/mol. The molecule has 4 rings (SSSR count). The van der Waals surface area contributed by atoms with Gasteiger partial charge in [0.25, 0.3) is 11.1 Å². The number of nitrogens with one attached hydrogen (secondary N) is 1. The largest absolute Gasteiger partial charge is 0.493 e. The Hall–Kier alpha value is -2.60. The molecule has 1 heterocycles. The van der Waals surface area contributed by atoms with E-state index in [0.29, 0.717) is 17.9 Å². The van der Waals surface area contributed by atoms with Gasteiger partial charge in [-0.25, -0.2) is 4.39 Å². The van der Waals surface area contributed by atoms with Gasteiger partial charge in [-0.05, 0) is 95.8 Å². The molecule has 1 N–H and O–H groups in total. The topological polar surface area (TPSA) is 55.4 Å². The quantitative estimate of drug-likeness (QED) is 0.498. The van der Waals surface area contributed by atoms with Crippen molar-refractivity contribution < 1.29 is 18.7 Å². The van der Waals surface area contributed by atoms with Crippen LogP contribution < -0.4 is 10.1 Å². The molecule has 1 fully saturated rings. The molecule has 2 aliphatic rings. The van der Waals surface area contributed by atoms with Crippen molar-refractivity contribution in [3.05, 3.63) is 57.2 Å².